The molecule has 0 bridgehead atoms. The van der Waals surface area contributed by atoms with Crippen LogP contribution in [0, 0.1) is 0 Å². The van der Waals surface area contributed by atoms with Crippen LogP contribution in [0.2, 0.25) is 0 Å². The lowest BCUT2D eigenvalue weighted by Gasteiger charge is -2.03. The van der Waals surface area contributed by atoms with Gasteiger partial charge in [0.25, 0.3) is 0 Å². The minimum atomic E-state index is -0.216. The van der Waals surface area contributed by atoms with Gasteiger partial charge in [-0.25, -0.2) is 0 Å². The van der Waals surface area contributed by atoms with Gasteiger partial charge in [0, 0.05) is 13.0 Å². The highest BCUT2D eigenvalue weighted by Gasteiger charge is 2.01. The molecule has 0 saturated heterocycles. The van der Waals surface area contributed by atoms with Crippen LogP contribution in [0.5, 0.6) is 0 Å². The lowest BCUT2D eigenvalue weighted by atomic mass is 10.3. The van der Waals surface area contributed by atoms with Gasteiger partial charge in [0.2, 0.25) is 5.91 Å². The number of hydrogen-bond donors (Lipinski definition) is 1. The fourth-order valence-electron chi connectivity index (χ4n) is 0.805. The van der Waals surface area contributed by atoms with Gasteiger partial charge in [-0.1, -0.05) is 13.5 Å². The Morgan fingerprint density at radius 3 is 2.79 bits per heavy atom. The minimum Gasteiger partial charge on any atom is -0.466 e. The van der Waals surface area contributed by atoms with Crippen LogP contribution in [-0.4, -0.2) is 25.0 Å². The average molecular weight is 199 g/mol. The first-order chi connectivity index (χ1) is 6.70. The van der Waals surface area contributed by atoms with Crippen molar-refractivity contribution in [2.75, 3.05) is 13.2 Å². The monoisotopic (exact) mass is 199 g/mol. The first-order valence-corrected chi connectivity index (χ1v) is 4.76. The number of amides is 1. The van der Waals surface area contributed by atoms with Gasteiger partial charge in [-0.3, -0.25) is 9.59 Å². The Hall–Kier alpha value is -1.32. The van der Waals surface area contributed by atoms with E-state index in [1.54, 1.807) is 0 Å². The molecule has 0 aliphatic carbocycles. The van der Waals surface area contributed by atoms with Gasteiger partial charge < -0.3 is 10.1 Å². The van der Waals surface area contributed by atoms with Crippen molar-refractivity contribution in [1.29, 1.82) is 0 Å². The number of nitrogens with one attached hydrogen (secondary N) is 1. The van der Waals surface area contributed by atoms with Crippen LogP contribution < -0.4 is 5.32 Å². The summed E-state index contributed by atoms with van der Waals surface area (Å²) in [6.07, 6.45) is 2.98. The van der Waals surface area contributed by atoms with Crippen LogP contribution in [-0.2, 0) is 14.3 Å². The summed E-state index contributed by atoms with van der Waals surface area (Å²) >= 11 is 0. The van der Waals surface area contributed by atoms with E-state index in [9.17, 15) is 9.59 Å². The molecule has 1 N–H and O–H groups in total. The molecule has 0 spiro atoms. The lowest BCUT2D eigenvalue weighted by Crippen LogP contribution is -2.22. The molecule has 0 aromatic rings. The SMILES string of the molecule is C=CC(=O)NCCCC(=O)OCCC. The smallest absolute Gasteiger partial charge is 0.305 e. The standard InChI is InChI=1S/C10H17NO3/c1-3-8-14-10(13)6-5-7-11-9(12)4-2/h4H,2-3,5-8H2,1H3,(H,11,12). The third-order valence-corrected chi connectivity index (χ3v) is 1.51. The Morgan fingerprint density at radius 1 is 1.50 bits per heavy atom. The zero-order chi connectivity index (χ0) is 10.8. The molecule has 4 nitrogen and oxygen atoms in total. The van der Waals surface area contributed by atoms with Gasteiger partial charge in [-0.2, -0.15) is 0 Å². The molecule has 0 saturated carbocycles. The zero-order valence-electron chi connectivity index (χ0n) is 8.54. The highest BCUT2D eigenvalue weighted by molar-refractivity contribution is 5.86. The van der Waals surface area contributed by atoms with E-state index in [2.05, 4.69) is 11.9 Å². The Labute approximate surface area is 84.3 Å². The molecule has 0 fully saturated rings. The van der Waals surface area contributed by atoms with E-state index < -0.39 is 0 Å². The molecular weight excluding hydrogens is 182 g/mol. The van der Waals surface area contributed by atoms with Crippen molar-refractivity contribution >= 4 is 11.9 Å². The van der Waals surface area contributed by atoms with Crippen LogP contribution in [0.3, 0.4) is 0 Å². The molecule has 0 heterocycles. The molecule has 14 heavy (non-hydrogen) atoms. The van der Waals surface area contributed by atoms with Crippen LogP contribution >= 0.6 is 0 Å². The van der Waals surface area contributed by atoms with Crippen molar-refractivity contribution < 1.29 is 14.3 Å². The fourth-order valence-corrected chi connectivity index (χ4v) is 0.805. The predicted octanol–water partition coefficient (Wildman–Crippen LogP) is 1.02. The summed E-state index contributed by atoms with van der Waals surface area (Å²) < 4.78 is 4.85. The second-order valence-corrected chi connectivity index (χ2v) is 2.82. The first-order valence-electron chi connectivity index (χ1n) is 4.76. The normalized spacial score (nSPS) is 9.21. The number of rotatable bonds is 7. The zero-order valence-corrected chi connectivity index (χ0v) is 8.54. The fraction of sp³-hybridized carbons (Fsp3) is 0.600. The van der Waals surface area contributed by atoms with Gasteiger partial charge in [0.05, 0.1) is 6.61 Å². The van der Waals surface area contributed by atoms with Crippen LogP contribution in [0.4, 0.5) is 0 Å². The summed E-state index contributed by atoms with van der Waals surface area (Å²) in [5.74, 6) is -0.424. The molecule has 0 unspecified atom stereocenters. The van der Waals surface area contributed by atoms with Crippen molar-refractivity contribution in [1.82, 2.24) is 5.32 Å². The second-order valence-electron chi connectivity index (χ2n) is 2.82. The molecule has 0 radical (unpaired) electrons. The van der Waals surface area contributed by atoms with E-state index in [1.165, 1.54) is 6.08 Å². The Balaban J connectivity index is 3.31. The minimum absolute atomic E-state index is 0.209. The largest absolute Gasteiger partial charge is 0.466 e. The molecule has 0 aliphatic rings. The molecular formula is C10H17NO3. The number of esters is 1. The van der Waals surface area contributed by atoms with Gasteiger partial charge in [-0.15, -0.1) is 0 Å². The number of carbonyl (C=O) groups excluding carboxylic acids is 2. The molecule has 4 heteroatoms. The third-order valence-electron chi connectivity index (χ3n) is 1.51. The Kier molecular flexibility index (Phi) is 7.50. The molecule has 1 amide bonds. The van der Waals surface area contributed by atoms with Crippen LogP contribution in [0.25, 0.3) is 0 Å². The third kappa shape index (κ3) is 7.34. The van der Waals surface area contributed by atoms with E-state index in [-0.39, 0.29) is 11.9 Å². The molecule has 0 rings (SSSR count). The van der Waals surface area contributed by atoms with E-state index in [1.807, 2.05) is 6.92 Å². The maximum atomic E-state index is 11.0. The number of hydrogen-bond acceptors (Lipinski definition) is 3. The first kappa shape index (κ1) is 12.7. The average Bonchev–Trinajstić information content (AvgIpc) is 2.21. The van der Waals surface area contributed by atoms with E-state index in [0.717, 1.165) is 6.42 Å². The Bertz CT molecular complexity index is 202. The highest BCUT2D eigenvalue weighted by atomic mass is 16.5. The van der Waals surface area contributed by atoms with E-state index in [0.29, 0.717) is 26.0 Å². The summed E-state index contributed by atoms with van der Waals surface area (Å²) in [4.78, 5) is 21.6. The van der Waals surface area contributed by atoms with Gasteiger partial charge >= 0.3 is 5.97 Å². The quantitative estimate of drug-likeness (QED) is 0.378. The van der Waals surface area contributed by atoms with Crippen LogP contribution in [0.1, 0.15) is 26.2 Å². The number of ether oxygens (including phenoxy) is 1. The predicted molar refractivity (Wildman–Crippen MR) is 53.7 cm³/mol. The maximum Gasteiger partial charge on any atom is 0.305 e. The van der Waals surface area contributed by atoms with Crippen molar-refractivity contribution in [2.45, 2.75) is 26.2 Å². The summed E-state index contributed by atoms with van der Waals surface area (Å²) in [5.41, 5.74) is 0. The van der Waals surface area contributed by atoms with Crippen molar-refractivity contribution in [3.63, 3.8) is 0 Å². The van der Waals surface area contributed by atoms with Gasteiger partial charge in [-0.05, 0) is 18.9 Å². The summed E-state index contributed by atoms with van der Waals surface area (Å²) in [5, 5.41) is 2.58. The van der Waals surface area contributed by atoms with Crippen LogP contribution in [0.15, 0.2) is 12.7 Å². The van der Waals surface area contributed by atoms with Gasteiger partial charge in [0.1, 0.15) is 0 Å². The molecule has 0 atom stereocenters. The van der Waals surface area contributed by atoms with Crippen molar-refractivity contribution in [2.24, 2.45) is 0 Å². The van der Waals surface area contributed by atoms with E-state index >= 15 is 0 Å². The summed E-state index contributed by atoms with van der Waals surface area (Å²) in [7, 11) is 0. The molecule has 0 aromatic carbocycles. The summed E-state index contributed by atoms with van der Waals surface area (Å²) in [6, 6.07) is 0. The van der Waals surface area contributed by atoms with Crippen molar-refractivity contribution in [3.8, 4) is 0 Å². The maximum absolute atomic E-state index is 11.0. The lowest BCUT2D eigenvalue weighted by molar-refractivity contribution is -0.143. The van der Waals surface area contributed by atoms with Gasteiger partial charge in [0.15, 0.2) is 0 Å². The van der Waals surface area contributed by atoms with E-state index in [4.69, 9.17) is 4.74 Å². The topological polar surface area (TPSA) is 55.4 Å². The Morgan fingerprint density at radius 2 is 2.21 bits per heavy atom. The molecule has 0 aliphatic heterocycles. The highest BCUT2D eigenvalue weighted by Crippen LogP contribution is 1.92. The molecule has 80 valence electrons. The summed E-state index contributed by atoms with van der Waals surface area (Å²) in [6.45, 7) is 6.20. The van der Waals surface area contributed by atoms with Crippen molar-refractivity contribution in [3.05, 3.63) is 12.7 Å². The molecule has 0 aromatic heterocycles. The second kappa shape index (κ2) is 8.29. The number of carbonyl (C=O) groups is 2.